The van der Waals surface area contributed by atoms with Crippen LogP contribution in [-0.2, 0) is 7.05 Å². The van der Waals surface area contributed by atoms with Crippen molar-refractivity contribution in [3.8, 4) is 0 Å². The molecule has 0 amide bonds. The van der Waals surface area contributed by atoms with Crippen LogP contribution in [0.25, 0.3) is 0 Å². The van der Waals surface area contributed by atoms with Gasteiger partial charge in [-0.25, -0.2) is 0 Å². The number of hydrogen-bond acceptors (Lipinski definition) is 4. The van der Waals surface area contributed by atoms with E-state index in [2.05, 4.69) is 42.1 Å². The molecular formula is C14H27N5. The summed E-state index contributed by atoms with van der Waals surface area (Å²) in [5.41, 5.74) is 8.39. The molecule has 1 saturated heterocycles. The van der Waals surface area contributed by atoms with Crippen molar-refractivity contribution in [2.45, 2.75) is 31.8 Å². The molecule has 1 aliphatic rings. The average molecular weight is 265 g/mol. The number of nitrogens with two attached hydrogens (primary N) is 1. The van der Waals surface area contributed by atoms with E-state index in [1.165, 1.54) is 24.9 Å². The number of hydrogen-bond donors (Lipinski definition) is 1. The maximum absolute atomic E-state index is 6.03. The molecule has 2 N–H and O–H groups in total. The Kier molecular flexibility index (Phi) is 4.60. The van der Waals surface area contributed by atoms with Crippen molar-refractivity contribution in [2.24, 2.45) is 12.8 Å². The van der Waals surface area contributed by atoms with Gasteiger partial charge in [0.15, 0.2) is 0 Å². The normalized spacial score (nSPS) is 22.9. The van der Waals surface area contributed by atoms with Gasteiger partial charge in [0.05, 0.1) is 11.7 Å². The summed E-state index contributed by atoms with van der Waals surface area (Å²) >= 11 is 0. The molecule has 2 heterocycles. The van der Waals surface area contributed by atoms with Crippen molar-refractivity contribution in [1.82, 2.24) is 19.6 Å². The molecule has 1 aliphatic heterocycles. The zero-order chi connectivity index (χ0) is 14.0. The second-order valence-corrected chi connectivity index (χ2v) is 5.82. The summed E-state index contributed by atoms with van der Waals surface area (Å²) in [4.78, 5) is 4.86. The minimum absolute atomic E-state index is 0.269. The van der Waals surface area contributed by atoms with Gasteiger partial charge in [0.2, 0.25) is 0 Å². The lowest BCUT2D eigenvalue weighted by atomic mass is 10.00. The van der Waals surface area contributed by atoms with Crippen LogP contribution in [0.15, 0.2) is 6.20 Å². The molecule has 5 nitrogen and oxygen atoms in total. The van der Waals surface area contributed by atoms with Crippen molar-refractivity contribution in [3.63, 3.8) is 0 Å². The van der Waals surface area contributed by atoms with Gasteiger partial charge in [0.1, 0.15) is 0 Å². The lowest BCUT2D eigenvalue weighted by Gasteiger charge is -2.39. The third-order valence-corrected chi connectivity index (χ3v) is 4.30. The van der Waals surface area contributed by atoms with Gasteiger partial charge < -0.3 is 10.6 Å². The first-order valence-electron chi connectivity index (χ1n) is 7.13. The lowest BCUT2D eigenvalue weighted by Crippen LogP contribution is -2.47. The van der Waals surface area contributed by atoms with Crippen molar-refractivity contribution in [2.75, 3.05) is 33.7 Å². The Morgan fingerprint density at radius 1 is 1.53 bits per heavy atom. The fourth-order valence-corrected chi connectivity index (χ4v) is 3.18. The zero-order valence-electron chi connectivity index (χ0n) is 12.6. The smallest absolute Gasteiger partial charge is 0.0641 e. The van der Waals surface area contributed by atoms with E-state index >= 15 is 0 Å². The Morgan fingerprint density at radius 2 is 2.26 bits per heavy atom. The minimum atomic E-state index is 0.269. The maximum atomic E-state index is 6.03. The first-order chi connectivity index (χ1) is 9.02. The number of likely N-dealkylation sites (N-methyl/N-ethyl adjacent to an activating group) is 2. The Balaban J connectivity index is 2.14. The minimum Gasteiger partial charge on any atom is -0.329 e. The summed E-state index contributed by atoms with van der Waals surface area (Å²) in [6.07, 6.45) is 4.64. The zero-order valence-corrected chi connectivity index (χ0v) is 12.6. The van der Waals surface area contributed by atoms with E-state index in [1.54, 1.807) is 0 Å². The van der Waals surface area contributed by atoms with Crippen LogP contribution < -0.4 is 5.73 Å². The fraction of sp³-hybridized carbons (Fsp3) is 0.786. The van der Waals surface area contributed by atoms with Gasteiger partial charge in [-0.3, -0.25) is 9.58 Å². The number of aryl methyl sites for hydroxylation is 2. The van der Waals surface area contributed by atoms with Crippen LogP contribution in [0.3, 0.4) is 0 Å². The second kappa shape index (κ2) is 6.03. The number of rotatable bonds is 4. The van der Waals surface area contributed by atoms with Crippen LogP contribution in [0.1, 0.15) is 30.1 Å². The van der Waals surface area contributed by atoms with E-state index in [0.29, 0.717) is 12.6 Å². The third kappa shape index (κ3) is 3.16. The molecule has 0 radical (unpaired) electrons. The summed E-state index contributed by atoms with van der Waals surface area (Å²) in [7, 11) is 6.37. The van der Waals surface area contributed by atoms with Gasteiger partial charge >= 0.3 is 0 Å². The Morgan fingerprint density at radius 3 is 2.79 bits per heavy atom. The SMILES string of the molecule is Cc1nn(C)cc1C(CN)N(C)C1CCCN(C)C1. The van der Waals surface area contributed by atoms with Crippen molar-refractivity contribution < 1.29 is 0 Å². The molecule has 1 aromatic rings. The molecule has 108 valence electrons. The summed E-state index contributed by atoms with van der Waals surface area (Å²) in [5, 5.41) is 4.45. The Bertz CT molecular complexity index is 414. The Hall–Kier alpha value is -0.910. The van der Waals surface area contributed by atoms with E-state index in [0.717, 1.165) is 12.2 Å². The van der Waals surface area contributed by atoms with Crippen LogP contribution in [0.5, 0.6) is 0 Å². The quantitative estimate of drug-likeness (QED) is 0.873. The van der Waals surface area contributed by atoms with Gasteiger partial charge in [-0.2, -0.15) is 5.10 Å². The molecule has 0 aliphatic carbocycles. The largest absolute Gasteiger partial charge is 0.329 e. The molecule has 5 heteroatoms. The van der Waals surface area contributed by atoms with E-state index < -0.39 is 0 Å². The van der Waals surface area contributed by atoms with Crippen molar-refractivity contribution >= 4 is 0 Å². The predicted octanol–water partition coefficient (Wildman–Crippen LogP) is 0.754. The molecule has 0 saturated carbocycles. The lowest BCUT2D eigenvalue weighted by molar-refractivity contribution is 0.101. The molecule has 0 aromatic carbocycles. The molecule has 2 unspecified atom stereocenters. The topological polar surface area (TPSA) is 50.3 Å². The Labute approximate surface area is 116 Å². The summed E-state index contributed by atoms with van der Waals surface area (Å²) in [6.45, 7) is 5.05. The molecule has 1 aromatic heterocycles. The molecular weight excluding hydrogens is 238 g/mol. The molecule has 0 bridgehead atoms. The van der Waals surface area contributed by atoms with Gasteiger partial charge in [0, 0.05) is 37.9 Å². The van der Waals surface area contributed by atoms with Crippen molar-refractivity contribution in [3.05, 3.63) is 17.5 Å². The highest BCUT2D eigenvalue weighted by molar-refractivity contribution is 5.21. The van der Waals surface area contributed by atoms with Crippen LogP contribution in [0.2, 0.25) is 0 Å². The number of nitrogens with zero attached hydrogens (tertiary/aromatic N) is 4. The van der Waals surface area contributed by atoms with Gasteiger partial charge in [-0.1, -0.05) is 0 Å². The first kappa shape index (κ1) is 14.5. The first-order valence-corrected chi connectivity index (χ1v) is 7.13. The number of piperidine rings is 1. The monoisotopic (exact) mass is 265 g/mol. The van der Waals surface area contributed by atoms with E-state index in [4.69, 9.17) is 5.73 Å². The number of aromatic nitrogens is 2. The second-order valence-electron chi connectivity index (χ2n) is 5.82. The molecule has 0 spiro atoms. The highest BCUT2D eigenvalue weighted by Gasteiger charge is 2.28. The highest BCUT2D eigenvalue weighted by Crippen LogP contribution is 2.26. The van der Waals surface area contributed by atoms with Gasteiger partial charge in [0.25, 0.3) is 0 Å². The van der Waals surface area contributed by atoms with E-state index in [-0.39, 0.29) is 6.04 Å². The standard InChI is InChI=1S/C14H27N5/c1-11-13(10-18(3)16-11)14(8-15)19(4)12-6-5-7-17(2)9-12/h10,12,14H,5-9,15H2,1-4H3. The molecule has 1 fully saturated rings. The average Bonchev–Trinajstić information content (AvgIpc) is 2.69. The third-order valence-electron chi connectivity index (χ3n) is 4.30. The molecule has 2 rings (SSSR count). The maximum Gasteiger partial charge on any atom is 0.0641 e. The highest BCUT2D eigenvalue weighted by atomic mass is 15.3. The summed E-state index contributed by atoms with van der Waals surface area (Å²) in [5.74, 6) is 0. The van der Waals surface area contributed by atoms with Crippen molar-refractivity contribution in [1.29, 1.82) is 0 Å². The number of likely N-dealkylation sites (tertiary alicyclic amines) is 1. The van der Waals surface area contributed by atoms with Gasteiger partial charge in [-0.05, 0) is 40.4 Å². The van der Waals surface area contributed by atoms with Crippen LogP contribution in [0.4, 0.5) is 0 Å². The molecule has 2 atom stereocenters. The van der Waals surface area contributed by atoms with Crippen LogP contribution >= 0.6 is 0 Å². The molecule has 19 heavy (non-hydrogen) atoms. The van der Waals surface area contributed by atoms with Crippen LogP contribution in [0, 0.1) is 6.92 Å². The predicted molar refractivity (Wildman–Crippen MR) is 78.0 cm³/mol. The summed E-state index contributed by atoms with van der Waals surface area (Å²) < 4.78 is 1.88. The van der Waals surface area contributed by atoms with Crippen LogP contribution in [-0.4, -0.2) is 59.4 Å². The fourth-order valence-electron chi connectivity index (χ4n) is 3.18. The van der Waals surface area contributed by atoms with E-state index in [1.807, 2.05) is 11.7 Å². The summed E-state index contributed by atoms with van der Waals surface area (Å²) in [6, 6.07) is 0.858. The van der Waals surface area contributed by atoms with Gasteiger partial charge in [-0.15, -0.1) is 0 Å². The van der Waals surface area contributed by atoms with E-state index in [9.17, 15) is 0 Å².